The van der Waals surface area contributed by atoms with Crippen LogP contribution in [0.4, 0.5) is 4.79 Å². The summed E-state index contributed by atoms with van der Waals surface area (Å²) in [6, 6.07) is 3.85. The molecule has 2 amide bonds. The number of rotatable bonds is 3. The summed E-state index contributed by atoms with van der Waals surface area (Å²) in [5, 5.41) is 12.3. The normalized spacial score (nSPS) is 20.3. The van der Waals surface area contributed by atoms with Gasteiger partial charge in [-0.05, 0) is 25.0 Å². The van der Waals surface area contributed by atoms with Gasteiger partial charge in [-0.2, -0.15) is 0 Å². The van der Waals surface area contributed by atoms with Crippen molar-refractivity contribution in [3.63, 3.8) is 0 Å². The fourth-order valence-electron chi connectivity index (χ4n) is 2.06. The van der Waals surface area contributed by atoms with Crippen molar-refractivity contribution >= 4 is 6.03 Å². The predicted molar refractivity (Wildman–Crippen MR) is 64.6 cm³/mol. The van der Waals surface area contributed by atoms with Gasteiger partial charge in [0.15, 0.2) is 0 Å². The average molecular weight is 237 g/mol. The fourth-order valence-corrected chi connectivity index (χ4v) is 2.06. The monoisotopic (exact) mass is 237 g/mol. The molecule has 17 heavy (non-hydrogen) atoms. The third-order valence-corrected chi connectivity index (χ3v) is 3.00. The molecule has 2 heterocycles. The van der Waals surface area contributed by atoms with E-state index in [0.717, 1.165) is 25.9 Å². The lowest BCUT2D eigenvalue weighted by atomic mass is 10.1. The van der Waals surface area contributed by atoms with Crippen LogP contribution in [0.2, 0.25) is 0 Å². The van der Waals surface area contributed by atoms with Gasteiger partial charge in [0.25, 0.3) is 0 Å². The molecule has 0 aromatic carbocycles. The summed E-state index contributed by atoms with van der Waals surface area (Å²) in [6.45, 7) is 2.58. The molecule has 94 valence electrons. The van der Waals surface area contributed by atoms with Crippen LogP contribution in [0.1, 0.15) is 12.8 Å². The molecule has 5 heteroatoms. The average Bonchev–Trinajstić information content (AvgIpc) is 2.82. The van der Waals surface area contributed by atoms with Gasteiger partial charge in [-0.25, -0.2) is 4.79 Å². The number of nitrogens with zero attached hydrogens (tertiary/aromatic N) is 2. The van der Waals surface area contributed by atoms with E-state index >= 15 is 0 Å². The Labute approximate surface area is 101 Å². The van der Waals surface area contributed by atoms with Crippen LogP contribution in [0, 0.1) is 0 Å². The lowest BCUT2D eigenvalue weighted by molar-refractivity contribution is 0.0842. The van der Waals surface area contributed by atoms with Crippen molar-refractivity contribution in [2.45, 2.75) is 25.5 Å². The van der Waals surface area contributed by atoms with E-state index in [0.29, 0.717) is 13.1 Å². The van der Waals surface area contributed by atoms with Gasteiger partial charge < -0.3 is 19.9 Å². The van der Waals surface area contributed by atoms with Gasteiger partial charge in [0.2, 0.25) is 0 Å². The van der Waals surface area contributed by atoms with Crippen LogP contribution >= 0.6 is 0 Å². The lowest BCUT2D eigenvalue weighted by Gasteiger charge is -2.30. The molecule has 2 N–H and O–H groups in total. The van der Waals surface area contributed by atoms with Crippen molar-refractivity contribution in [3.05, 3.63) is 24.5 Å². The zero-order chi connectivity index (χ0) is 12.1. The first-order valence-corrected chi connectivity index (χ1v) is 6.07. The highest BCUT2D eigenvalue weighted by atomic mass is 16.3. The highest BCUT2D eigenvalue weighted by Gasteiger charge is 2.21. The third-order valence-electron chi connectivity index (χ3n) is 3.00. The summed E-state index contributed by atoms with van der Waals surface area (Å²) in [4.78, 5) is 13.5. The van der Waals surface area contributed by atoms with Crippen molar-refractivity contribution < 1.29 is 9.90 Å². The van der Waals surface area contributed by atoms with Crippen molar-refractivity contribution in [1.82, 2.24) is 14.8 Å². The molecule has 2 rings (SSSR count). The number of piperidine rings is 1. The zero-order valence-electron chi connectivity index (χ0n) is 9.88. The van der Waals surface area contributed by atoms with Crippen LogP contribution in [0.15, 0.2) is 24.5 Å². The molecule has 0 bridgehead atoms. The minimum Gasteiger partial charge on any atom is -0.391 e. The maximum atomic E-state index is 11.8. The minimum atomic E-state index is -0.362. The minimum absolute atomic E-state index is 0.0732. The number of urea groups is 1. The summed E-state index contributed by atoms with van der Waals surface area (Å²) in [5.74, 6) is 0. The maximum Gasteiger partial charge on any atom is 0.317 e. The molecule has 1 aromatic rings. The molecule has 1 aliphatic heterocycles. The van der Waals surface area contributed by atoms with E-state index in [9.17, 15) is 9.90 Å². The first-order valence-electron chi connectivity index (χ1n) is 6.07. The summed E-state index contributed by atoms with van der Waals surface area (Å²) < 4.78 is 2.02. The highest BCUT2D eigenvalue weighted by molar-refractivity contribution is 5.74. The first kappa shape index (κ1) is 12.0. The quantitative estimate of drug-likeness (QED) is 0.811. The highest BCUT2D eigenvalue weighted by Crippen LogP contribution is 2.09. The Hall–Kier alpha value is -1.49. The number of nitrogens with one attached hydrogen (secondary N) is 1. The van der Waals surface area contributed by atoms with E-state index in [1.165, 1.54) is 0 Å². The van der Waals surface area contributed by atoms with Crippen molar-refractivity contribution in [2.24, 2.45) is 0 Å². The van der Waals surface area contributed by atoms with E-state index in [-0.39, 0.29) is 12.1 Å². The van der Waals surface area contributed by atoms with E-state index in [1.54, 1.807) is 4.90 Å². The van der Waals surface area contributed by atoms with Crippen LogP contribution in [-0.2, 0) is 6.54 Å². The molecule has 5 nitrogen and oxygen atoms in total. The number of carbonyl (C=O) groups excluding carboxylic acids is 1. The SMILES string of the molecule is O=C(NCCn1cccc1)N1CCCC(O)C1. The Kier molecular flexibility index (Phi) is 4.03. The Bertz CT molecular complexity index is 351. The van der Waals surface area contributed by atoms with Crippen LogP contribution in [0.5, 0.6) is 0 Å². The predicted octanol–water partition coefficient (Wildman–Crippen LogP) is 0.654. The van der Waals surface area contributed by atoms with Crippen molar-refractivity contribution in [3.8, 4) is 0 Å². The molecular formula is C12H19N3O2. The molecule has 1 fully saturated rings. The Morgan fingerprint density at radius 2 is 2.18 bits per heavy atom. The molecule has 0 radical (unpaired) electrons. The number of aliphatic hydroxyl groups is 1. The molecule has 1 aliphatic rings. The Morgan fingerprint density at radius 1 is 1.41 bits per heavy atom. The van der Waals surface area contributed by atoms with Gasteiger partial charge in [0.1, 0.15) is 0 Å². The van der Waals surface area contributed by atoms with Gasteiger partial charge in [-0.3, -0.25) is 0 Å². The number of aromatic nitrogens is 1. The summed E-state index contributed by atoms with van der Waals surface area (Å²) in [6.07, 6.45) is 5.26. The second kappa shape index (κ2) is 5.72. The topological polar surface area (TPSA) is 57.5 Å². The summed E-state index contributed by atoms with van der Waals surface area (Å²) in [7, 11) is 0. The fraction of sp³-hybridized carbons (Fsp3) is 0.583. The zero-order valence-corrected chi connectivity index (χ0v) is 9.88. The summed E-state index contributed by atoms with van der Waals surface area (Å²) >= 11 is 0. The first-order chi connectivity index (χ1) is 8.25. The third kappa shape index (κ3) is 3.49. The second-order valence-electron chi connectivity index (χ2n) is 4.39. The number of amides is 2. The Balaban J connectivity index is 1.70. The molecule has 1 unspecified atom stereocenters. The van der Waals surface area contributed by atoms with Crippen LogP contribution < -0.4 is 5.32 Å². The van der Waals surface area contributed by atoms with E-state index in [2.05, 4.69) is 5.32 Å². The Morgan fingerprint density at radius 3 is 2.88 bits per heavy atom. The number of hydrogen-bond donors (Lipinski definition) is 2. The molecule has 1 aromatic heterocycles. The van der Waals surface area contributed by atoms with Crippen LogP contribution in [0.25, 0.3) is 0 Å². The van der Waals surface area contributed by atoms with E-state index in [4.69, 9.17) is 0 Å². The standard InChI is InChI=1S/C12H19N3O2/c16-11-4-3-8-15(10-11)12(17)13-5-9-14-6-1-2-7-14/h1-2,6-7,11,16H,3-5,8-10H2,(H,13,17). The van der Waals surface area contributed by atoms with Crippen molar-refractivity contribution in [2.75, 3.05) is 19.6 Å². The van der Waals surface area contributed by atoms with E-state index in [1.807, 2.05) is 29.1 Å². The van der Waals surface area contributed by atoms with Crippen LogP contribution in [0.3, 0.4) is 0 Å². The molecule has 1 atom stereocenters. The van der Waals surface area contributed by atoms with Gasteiger partial charge in [0.05, 0.1) is 6.10 Å². The summed E-state index contributed by atoms with van der Waals surface area (Å²) in [5.41, 5.74) is 0. The number of carbonyl (C=O) groups is 1. The molecular weight excluding hydrogens is 218 g/mol. The van der Waals surface area contributed by atoms with Gasteiger partial charge in [-0.15, -0.1) is 0 Å². The number of aliphatic hydroxyl groups excluding tert-OH is 1. The maximum absolute atomic E-state index is 11.8. The molecule has 0 spiro atoms. The second-order valence-corrected chi connectivity index (χ2v) is 4.39. The molecule has 1 saturated heterocycles. The van der Waals surface area contributed by atoms with Crippen molar-refractivity contribution in [1.29, 1.82) is 0 Å². The number of β-amino-alcohol motifs (C(OH)–C–C–N with tert-alkyl or cyclic N) is 1. The lowest BCUT2D eigenvalue weighted by Crippen LogP contribution is -2.47. The smallest absolute Gasteiger partial charge is 0.317 e. The number of likely N-dealkylation sites (tertiary alicyclic amines) is 1. The van der Waals surface area contributed by atoms with Gasteiger partial charge in [0, 0.05) is 38.6 Å². The van der Waals surface area contributed by atoms with Gasteiger partial charge in [-0.1, -0.05) is 0 Å². The largest absolute Gasteiger partial charge is 0.391 e. The molecule has 0 saturated carbocycles. The number of hydrogen-bond acceptors (Lipinski definition) is 2. The van der Waals surface area contributed by atoms with Crippen LogP contribution in [-0.4, -0.2) is 46.3 Å². The van der Waals surface area contributed by atoms with E-state index < -0.39 is 0 Å². The van der Waals surface area contributed by atoms with Gasteiger partial charge >= 0.3 is 6.03 Å². The molecule has 0 aliphatic carbocycles.